The van der Waals surface area contributed by atoms with Crippen molar-refractivity contribution in [1.82, 2.24) is 9.80 Å². The zero-order chi connectivity index (χ0) is 16.2. The maximum absolute atomic E-state index is 12.3. The molecule has 0 spiro atoms. The van der Waals surface area contributed by atoms with Crippen LogP contribution >= 0.6 is 0 Å². The SMILES string of the molecule is C/C(=C\C(=O)C1CCCN(C(=O)OC(C)(C)C)C1)N(C)C. The minimum atomic E-state index is -0.505. The number of rotatable bonds is 3. The summed E-state index contributed by atoms with van der Waals surface area (Å²) in [4.78, 5) is 27.9. The van der Waals surface area contributed by atoms with Gasteiger partial charge in [0.05, 0.1) is 0 Å². The van der Waals surface area contributed by atoms with Crippen LogP contribution in [0.2, 0.25) is 0 Å². The van der Waals surface area contributed by atoms with Gasteiger partial charge in [0, 0.05) is 44.9 Å². The highest BCUT2D eigenvalue weighted by Gasteiger charge is 2.30. The quantitative estimate of drug-likeness (QED) is 0.751. The van der Waals surface area contributed by atoms with E-state index in [1.165, 1.54) is 0 Å². The van der Waals surface area contributed by atoms with Crippen molar-refractivity contribution in [2.75, 3.05) is 27.2 Å². The fourth-order valence-corrected chi connectivity index (χ4v) is 2.15. The number of ketones is 1. The zero-order valence-electron chi connectivity index (χ0n) is 14.1. The number of nitrogens with zero attached hydrogens (tertiary/aromatic N) is 2. The molecule has 0 bridgehead atoms. The molecular formula is C16H28N2O3. The summed E-state index contributed by atoms with van der Waals surface area (Å²) in [5, 5.41) is 0. The van der Waals surface area contributed by atoms with Crippen molar-refractivity contribution in [3.05, 3.63) is 11.8 Å². The van der Waals surface area contributed by atoms with Gasteiger partial charge in [-0.2, -0.15) is 0 Å². The van der Waals surface area contributed by atoms with Gasteiger partial charge in [0.25, 0.3) is 0 Å². The van der Waals surface area contributed by atoms with Crippen molar-refractivity contribution >= 4 is 11.9 Å². The van der Waals surface area contributed by atoms with Crippen LogP contribution in [0, 0.1) is 5.92 Å². The number of carbonyl (C=O) groups is 2. The molecule has 1 fully saturated rings. The molecule has 5 nitrogen and oxygen atoms in total. The highest BCUT2D eigenvalue weighted by atomic mass is 16.6. The molecule has 21 heavy (non-hydrogen) atoms. The van der Waals surface area contributed by atoms with Gasteiger partial charge in [-0.25, -0.2) is 4.79 Å². The number of amides is 1. The molecule has 0 radical (unpaired) electrons. The summed E-state index contributed by atoms with van der Waals surface area (Å²) in [5.41, 5.74) is 0.421. The van der Waals surface area contributed by atoms with E-state index in [4.69, 9.17) is 4.74 Å². The molecule has 1 aliphatic rings. The van der Waals surface area contributed by atoms with Crippen molar-refractivity contribution in [3.63, 3.8) is 0 Å². The van der Waals surface area contributed by atoms with Crippen molar-refractivity contribution < 1.29 is 14.3 Å². The third-order valence-corrected chi connectivity index (χ3v) is 3.53. The summed E-state index contributed by atoms with van der Waals surface area (Å²) in [6.07, 6.45) is 3.01. The fraction of sp³-hybridized carbons (Fsp3) is 0.750. The van der Waals surface area contributed by atoms with Crippen molar-refractivity contribution in [2.24, 2.45) is 5.92 Å². The molecule has 5 heteroatoms. The summed E-state index contributed by atoms with van der Waals surface area (Å²) in [6.45, 7) is 8.56. The van der Waals surface area contributed by atoms with E-state index in [1.807, 2.05) is 46.7 Å². The van der Waals surface area contributed by atoms with Crippen LogP contribution in [0.1, 0.15) is 40.5 Å². The van der Waals surface area contributed by atoms with E-state index in [2.05, 4.69) is 0 Å². The monoisotopic (exact) mass is 296 g/mol. The molecule has 120 valence electrons. The van der Waals surface area contributed by atoms with E-state index in [9.17, 15) is 9.59 Å². The highest BCUT2D eigenvalue weighted by Crippen LogP contribution is 2.21. The summed E-state index contributed by atoms with van der Waals surface area (Å²) in [7, 11) is 3.82. The molecule has 1 amide bonds. The lowest BCUT2D eigenvalue weighted by atomic mass is 9.93. The van der Waals surface area contributed by atoms with E-state index >= 15 is 0 Å². The van der Waals surface area contributed by atoms with E-state index < -0.39 is 5.60 Å². The normalized spacial score (nSPS) is 20.2. The molecule has 0 saturated carbocycles. The van der Waals surface area contributed by atoms with Gasteiger partial charge in [0.1, 0.15) is 5.60 Å². The number of piperidine rings is 1. The third kappa shape index (κ3) is 5.78. The molecule has 0 N–H and O–H groups in total. The zero-order valence-corrected chi connectivity index (χ0v) is 14.1. The fourth-order valence-electron chi connectivity index (χ4n) is 2.15. The van der Waals surface area contributed by atoms with Crippen molar-refractivity contribution in [2.45, 2.75) is 46.1 Å². The second kappa shape index (κ2) is 6.96. The van der Waals surface area contributed by atoms with Gasteiger partial charge in [-0.15, -0.1) is 0 Å². The largest absolute Gasteiger partial charge is 0.444 e. The Labute approximate surface area is 127 Å². The number of hydrogen-bond donors (Lipinski definition) is 0. The van der Waals surface area contributed by atoms with E-state index in [1.54, 1.807) is 11.0 Å². The lowest BCUT2D eigenvalue weighted by molar-refractivity contribution is -0.119. The Morgan fingerprint density at radius 1 is 1.29 bits per heavy atom. The van der Waals surface area contributed by atoms with Gasteiger partial charge in [-0.3, -0.25) is 4.79 Å². The first-order valence-electron chi connectivity index (χ1n) is 7.47. The van der Waals surface area contributed by atoms with E-state index in [0.29, 0.717) is 13.1 Å². The molecule has 1 heterocycles. The Morgan fingerprint density at radius 2 is 1.90 bits per heavy atom. The minimum Gasteiger partial charge on any atom is -0.444 e. The van der Waals surface area contributed by atoms with E-state index in [0.717, 1.165) is 18.5 Å². The standard InChI is InChI=1S/C16H28N2O3/c1-12(17(5)6)10-14(19)13-8-7-9-18(11-13)15(20)21-16(2,3)4/h10,13H,7-9,11H2,1-6H3/b12-10+. The number of carbonyl (C=O) groups excluding carboxylic acids is 2. The predicted molar refractivity (Wildman–Crippen MR) is 83.0 cm³/mol. The van der Waals surface area contributed by atoms with Crippen LogP contribution in [0.15, 0.2) is 11.8 Å². The Balaban J connectivity index is 2.66. The Bertz CT molecular complexity index is 422. The molecule has 0 aromatic carbocycles. The molecular weight excluding hydrogens is 268 g/mol. The number of ether oxygens (including phenoxy) is 1. The van der Waals surface area contributed by atoms with Gasteiger partial charge in [-0.1, -0.05) is 0 Å². The van der Waals surface area contributed by atoms with Crippen LogP contribution in [0.3, 0.4) is 0 Å². The van der Waals surface area contributed by atoms with Gasteiger partial charge >= 0.3 is 6.09 Å². The molecule has 1 unspecified atom stereocenters. The first-order valence-corrected chi connectivity index (χ1v) is 7.47. The highest BCUT2D eigenvalue weighted by molar-refractivity contribution is 5.92. The summed E-state index contributed by atoms with van der Waals surface area (Å²) in [6, 6.07) is 0. The van der Waals surface area contributed by atoms with Crippen LogP contribution in [-0.4, -0.2) is 54.5 Å². The van der Waals surface area contributed by atoms with Gasteiger partial charge in [-0.05, 0) is 40.5 Å². The van der Waals surface area contributed by atoms with Gasteiger partial charge in [0.15, 0.2) is 5.78 Å². The van der Waals surface area contributed by atoms with Crippen molar-refractivity contribution in [1.29, 1.82) is 0 Å². The average Bonchev–Trinajstić information content (AvgIpc) is 2.36. The average molecular weight is 296 g/mol. The lowest BCUT2D eigenvalue weighted by Crippen LogP contribution is -2.44. The number of likely N-dealkylation sites (tertiary alicyclic amines) is 1. The van der Waals surface area contributed by atoms with Crippen LogP contribution in [0.4, 0.5) is 4.79 Å². The van der Waals surface area contributed by atoms with Gasteiger partial charge in [0.2, 0.25) is 0 Å². The molecule has 0 aliphatic carbocycles. The minimum absolute atomic E-state index is 0.0921. The topological polar surface area (TPSA) is 49.9 Å². The van der Waals surface area contributed by atoms with Crippen LogP contribution in [-0.2, 0) is 9.53 Å². The molecule has 1 atom stereocenters. The molecule has 1 rings (SSSR count). The lowest BCUT2D eigenvalue weighted by Gasteiger charge is -2.33. The Hall–Kier alpha value is -1.52. The van der Waals surface area contributed by atoms with Crippen LogP contribution in [0.25, 0.3) is 0 Å². The first-order chi connectivity index (χ1) is 9.60. The molecule has 0 aromatic heterocycles. The van der Waals surface area contributed by atoms with E-state index in [-0.39, 0.29) is 17.8 Å². The Kier molecular flexibility index (Phi) is 5.81. The summed E-state index contributed by atoms with van der Waals surface area (Å²) >= 11 is 0. The summed E-state index contributed by atoms with van der Waals surface area (Å²) in [5.74, 6) is -0.0318. The van der Waals surface area contributed by atoms with Gasteiger partial charge < -0.3 is 14.5 Å². The molecule has 1 saturated heterocycles. The first kappa shape index (κ1) is 17.5. The number of hydrogen-bond acceptors (Lipinski definition) is 4. The Morgan fingerprint density at radius 3 is 2.43 bits per heavy atom. The smallest absolute Gasteiger partial charge is 0.410 e. The predicted octanol–water partition coefficient (Wildman–Crippen LogP) is 2.67. The van der Waals surface area contributed by atoms with Crippen molar-refractivity contribution in [3.8, 4) is 0 Å². The molecule has 1 aliphatic heterocycles. The molecule has 0 aromatic rings. The third-order valence-electron chi connectivity index (χ3n) is 3.53. The summed E-state index contributed by atoms with van der Waals surface area (Å²) < 4.78 is 5.38. The van der Waals surface area contributed by atoms with Crippen LogP contribution < -0.4 is 0 Å². The number of allylic oxidation sites excluding steroid dienone is 2. The maximum atomic E-state index is 12.3. The second-order valence-electron chi connectivity index (χ2n) is 6.85. The maximum Gasteiger partial charge on any atom is 0.410 e. The second-order valence-corrected chi connectivity index (χ2v) is 6.85. The van der Waals surface area contributed by atoms with Crippen LogP contribution in [0.5, 0.6) is 0 Å².